The first-order chi connectivity index (χ1) is 13.0. The lowest BCUT2D eigenvalue weighted by Crippen LogP contribution is -2.32. The zero-order valence-corrected chi connectivity index (χ0v) is 14.4. The highest BCUT2D eigenvalue weighted by Gasteiger charge is 2.42. The van der Waals surface area contributed by atoms with Crippen molar-refractivity contribution in [2.24, 2.45) is 5.92 Å². The van der Waals surface area contributed by atoms with Gasteiger partial charge in [0.2, 0.25) is 0 Å². The molecule has 0 spiro atoms. The Labute approximate surface area is 155 Å². The summed E-state index contributed by atoms with van der Waals surface area (Å²) in [5.41, 5.74) is -1.21. The highest BCUT2D eigenvalue weighted by Crippen LogP contribution is 2.44. The molecule has 3 nitrogen and oxygen atoms in total. The Bertz CT molecular complexity index is 880. The summed E-state index contributed by atoms with van der Waals surface area (Å²) in [6, 6.07) is 5.67. The molecule has 0 atom stereocenters. The number of fused-ring (bicyclic) bond motifs is 1. The van der Waals surface area contributed by atoms with Crippen LogP contribution in [0.3, 0.4) is 0 Å². The van der Waals surface area contributed by atoms with Crippen LogP contribution in [0, 0.1) is 5.92 Å². The van der Waals surface area contributed by atoms with Gasteiger partial charge in [0.15, 0.2) is 0 Å². The van der Waals surface area contributed by atoms with Crippen molar-refractivity contribution in [1.82, 2.24) is 0 Å². The molecule has 0 unspecified atom stereocenters. The van der Waals surface area contributed by atoms with Crippen molar-refractivity contribution in [3.8, 4) is 5.75 Å². The third-order valence-electron chi connectivity index (χ3n) is 4.94. The molecule has 28 heavy (non-hydrogen) atoms. The first-order valence-corrected chi connectivity index (χ1v) is 8.57. The molecule has 0 aromatic heterocycles. The van der Waals surface area contributed by atoms with Gasteiger partial charge in [0.25, 0.3) is 0 Å². The smallest absolute Gasteiger partial charge is 0.420 e. The summed E-state index contributed by atoms with van der Waals surface area (Å²) in [5.74, 6) is -3.18. The molecule has 2 aromatic carbocycles. The minimum Gasteiger partial charge on any atom is -0.490 e. The number of alkyl halides is 6. The zero-order chi connectivity index (χ0) is 20.7. The minimum absolute atomic E-state index is 0.0114. The number of carbonyl (C=O) groups is 1. The van der Waals surface area contributed by atoms with Crippen LogP contribution in [0.1, 0.15) is 41.6 Å². The highest BCUT2D eigenvalue weighted by atomic mass is 19.4. The Morgan fingerprint density at radius 2 is 1.61 bits per heavy atom. The lowest BCUT2D eigenvalue weighted by molar-refractivity contribution is -0.185. The summed E-state index contributed by atoms with van der Waals surface area (Å²) >= 11 is 0. The molecule has 1 aliphatic rings. The SMILES string of the molecule is O=C(O)c1ccc2c(C(F)(F)F)c(OC3CCC(C(F)(F)F)CC3)ccc2c1. The Balaban J connectivity index is 1.91. The van der Waals surface area contributed by atoms with Crippen molar-refractivity contribution < 1.29 is 41.0 Å². The standard InChI is InChI=1S/C19H16F6O3/c20-18(21,22)12-3-5-13(6-4-12)28-15-8-2-10-9-11(17(26)27)1-7-14(10)16(15)19(23,24)25/h1-2,7-9,12-13H,3-6H2,(H,26,27). The average molecular weight is 406 g/mol. The van der Waals surface area contributed by atoms with Crippen molar-refractivity contribution in [2.75, 3.05) is 0 Å². The van der Waals surface area contributed by atoms with Gasteiger partial charge in [-0.05, 0) is 54.7 Å². The Hall–Kier alpha value is -2.45. The lowest BCUT2D eigenvalue weighted by Gasteiger charge is -2.31. The van der Waals surface area contributed by atoms with Gasteiger partial charge < -0.3 is 9.84 Å². The number of ether oxygens (including phenoxy) is 1. The maximum absolute atomic E-state index is 13.7. The van der Waals surface area contributed by atoms with Crippen molar-refractivity contribution in [3.63, 3.8) is 0 Å². The van der Waals surface area contributed by atoms with E-state index in [-0.39, 0.29) is 42.0 Å². The summed E-state index contributed by atoms with van der Waals surface area (Å²) < 4.78 is 84.7. The molecule has 0 aliphatic heterocycles. The van der Waals surface area contributed by atoms with E-state index in [0.717, 1.165) is 24.3 Å². The molecule has 9 heteroatoms. The van der Waals surface area contributed by atoms with E-state index in [1.807, 2.05) is 0 Å². The molecule has 0 heterocycles. The highest BCUT2D eigenvalue weighted by molar-refractivity contribution is 5.96. The fourth-order valence-corrected chi connectivity index (χ4v) is 3.52. The van der Waals surface area contributed by atoms with Gasteiger partial charge in [-0.25, -0.2) is 4.79 Å². The first kappa shape index (κ1) is 20.3. The number of aromatic carboxylic acids is 1. The van der Waals surface area contributed by atoms with Crippen molar-refractivity contribution in [1.29, 1.82) is 0 Å². The van der Waals surface area contributed by atoms with Gasteiger partial charge in [-0.3, -0.25) is 0 Å². The van der Waals surface area contributed by atoms with E-state index < -0.39 is 41.7 Å². The number of rotatable bonds is 3. The van der Waals surface area contributed by atoms with Crippen molar-refractivity contribution in [3.05, 3.63) is 41.5 Å². The van der Waals surface area contributed by atoms with Crippen molar-refractivity contribution in [2.45, 2.75) is 44.1 Å². The zero-order valence-electron chi connectivity index (χ0n) is 14.4. The van der Waals surface area contributed by atoms with Crippen LogP contribution in [0.4, 0.5) is 26.3 Å². The number of carboxylic acid groups (broad SMARTS) is 1. The van der Waals surface area contributed by atoms with Crippen LogP contribution in [0.5, 0.6) is 5.75 Å². The molecule has 152 valence electrons. The maximum atomic E-state index is 13.7. The number of hydrogen-bond acceptors (Lipinski definition) is 2. The molecular formula is C19H16F6O3. The van der Waals surface area contributed by atoms with Crippen LogP contribution in [-0.4, -0.2) is 23.4 Å². The summed E-state index contributed by atoms with van der Waals surface area (Å²) in [6.07, 6.45) is -10.2. The molecular weight excluding hydrogens is 390 g/mol. The topological polar surface area (TPSA) is 46.5 Å². The molecule has 0 saturated heterocycles. The van der Waals surface area contributed by atoms with Gasteiger partial charge in [0, 0.05) is 0 Å². The summed E-state index contributed by atoms with van der Waals surface area (Å²) in [7, 11) is 0. The molecule has 1 fully saturated rings. The second-order valence-electron chi connectivity index (χ2n) is 6.81. The van der Waals surface area contributed by atoms with E-state index in [2.05, 4.69) is 0 Å². The van der Waals surface area contributed by atoms with E-state index in [4.69, 9.17) is 9.84 Å². The molecule has 0 amide bonds. The van der Waals surface area contributed by atoms with Crippen LogP contribution in [0.2, 0.25) is 0 Å². The van der Waals surface area contributed by atoms with Gasteiger partial charge >= 0.3 is 18.3 Å². The van der Waals surface area contributed by atoms with Gasteiger partial charge in [-0.15, -0.1) is 0 Å². The van der Waals surface area contributed by atoms with Gasteiger partial charge in [-0.1, -0.05) is 12.1 Å². The summed E-state index contributed by atoms with van der Waals surface area (Å²) in [6.45, 7) is 0. The maximum Gasteiger partial charge on any atom is 0.420 e. The second kappa shape index (κ2) is 7.18. The predicted octanol–water partition coefficient (Wildman–Crippen LogP) is 6.06. The number of halogens is 6. The molecule has 3 rings (SSSR count). The van der Waals surface area contributed by atoms with Gasteiger partial charge in [0.05, 0.1) is 17.6 Å². The third kappa shape index (κ3) is 4.18. The minimum atomic E-state index is -4.78. The van der Waals surface area contributed by atoms with Crippen LogP contribution in [-0.2, 0) is 6.18 Å². The fourth-order valence-electron chi connectivity index (χ4n) is 3.52. The fraction of sp³-hybridized carbons (Fsp3) is 0.421. The predicted molar refractivity (Wildman–Crippen MR) is 88.3 cm³/mol. The van der Waals surface area contributed by atoms with E-state index in [9.17, 15) is 31.1 Å². The first-order valence-electron chi connectivity index (χ1n) is 8.57. The molecule has 1 saturated carbocycles. The van der Waals surface area contributed by atoms with E-state index in [0.29, 0.717) is 0 Å². The lowest BCUT2D eigenvalue weighted by atomic mass is 9.87. The molecule has 1 aliphatic carbocycles. The molecule has 2 aromatic rings. The Morgan fingerprint density at radius 1 is 0.964 bits per heavy atom. The monoisotopic (exact) mass is 406 g/mol. The summed E-state index contributed by atoms with van der Waals surface area (Å²) in [4.78, 5) is 11.0. The van der Waals surface area contributed by atoms with E-state index in [1.54, 1.807) is 0 Å². The van der Waals surface area contributed by atoms with Crippen LogP contribution in [0.15, 0.2) is 30.3 Å². The molecule has 0 radical (unpaired) electrons. The molecule has 1 N–H and O–H groups in total. The van der Waals surface area contributed by atoms with Gasteiger partial charge in [0.1, 0.15) is 11.3 Å². The number of hydrogen-bond donors (Lipinski definition) is 1. The average Bonchev–Trinajstić information content (AvgIpc) is 2.59. The Kier molecular flexibility index (Phi) is 5.20. The van der Waals surface area contributed by atoms with E-state index in [1.165, 1.54) is 6.07 Å². The second-order valence-corrected chi connectivity index (χ2v) is 6.81. The largest absolute Gasteiger partial charge is 0.490 e. The number of carboxylic acids is 1. The van der Waals surface area contributed by atoms with Crippen LogP contribution in [0.25, 0.3) is 10.8 Å². The third-order valence-corrected chi connectivity index (χ3v) is 4.94. The van der Waals surface area contributed by atoms with Crippen LogP contribution >= 0.6 is 0 Å². The quantitative estimate of drug-likeness (QED) is 0.631. The van der Waals surface area contributed by atoms with E-state index >= 15 is 0 Å². The molecule has 0 bridgehead atoms. The summed E-state index contributed by atoms with van der Waals surface area (Å²) in [5, 5.41) is 8.86. The van der Waals surface area contributed by atoms with Crippen molar-refractivity contribution >= 4 is 16.7 Å². The Morgan fingerprint density at radius 3 is 2.14 bits per heavy atom. The van der Waals surface area contributed by atoms with Gasteiger partial charge in [-0.2, -0.15) is 26.3 Å². The normalized spacial score (nSPS) is 20.9. The number of benzene rings is 2. The van der Waals surface area contributed by atoms with Crippen LogP contribution < -0.4 is 4.74 Å².